The first kappa shape index (κ1) is 16.2. The van der Waals surface area contributed by atoms with Gasteiger partial charge in [0.2, 0.25) is 0 Å². The van der Waals surface area contributed by atoms with Crippen LogP contribution in [-0.2, 0) is 20.8 Å². The molecule has 2 heterocycles. The van der Waals surface area contributed by atoms with Crippen LogP contribution in [0.15, 0.2) is 30.3 Å². The van der Waals surface area contributed by atoms with Gasteiger partial charge < -0.3 is 19.3 Å². The third kappa shape index (κ3) is 3.06. The molecule has 0 saturated carbocycles. The number of rotatable bonds is 3. The van der Waals surface area contributed by atoms with E-state index in [-0.39, 0.29) is 31.5 Å². The summed E-state index contributed by atoms with van der Waals surface area (Å²) < 4.78 is 17.1. The molecule has 1 amide bonds. The van der Waals surface area contributed by atoms with Crippen LogP contribution < -0.4 is 0 Å². The zero-order valence-electron chi connectivity index (χ0n) is 13.6. The van der Waals surface area contributed by atoms with Crippen LogP contribution in [0.4, 0.5) is 4.79 Å². The van der Waals surface area contributed by atoms with Crippen molar-refractivity contribution in [3.8, 4) is 0 Å². The molecule has 0 spiro atoms. The van der Waals surface area contributed by atoms with Gasteiger partial charge in [0.1, 0.15) is 18.8 Å². The van der Waals surface area contributed by atoms with Crippen LogP contribution in [0.5, 0.6) is 0 Å². The molecule has 0 aliphatic carbocycles. The van der Waals surface area contributed by atoms with E-state index in [9.17, 15) is 9.90 Å². The Morgan fingerprint density at radius 1 is 1.26 bits per heavy atom. The second kappa shape index (κ2) is 6.11. The van der Waals surface area contributed by atoms with Gasteiger partial charge in [-0.1, -0.05) is 30.3 Å². The van der Waals surface area contributed by atoms with Crippen molar-refractivity contribution < 1.29 is 24.1 Å². The Balaban J connectivity index is 1.68. The van der Waals surface area contributed by atoms with Gasteiger partial charge in [-0.05, 0) is 26.3 Å². The lowest BCUT2D eigenvalue weighted by Gasteiger charge is -2.31. The third-order valence-corrected chi connectivity index (χ3v) is 4.42. The number of hydrogen-bond donors (Lipinski definition) is 1. The number of benzene rings is 1. The molecule has 2 aliphatic heterocycles. The van der Waals surface area contributed by atoms with Crippen molar-refractivity contribution in [1.82, 2.24) is 4.90 Å². The molecule has 4 atom stereocenters. The highest BCUT2D eigenvalue weighted by molar-refractivity contribution is 5.69. The molecule has 23 heavy (non-hydrogen) atoms. The largest absolute Gasteiger partial charge is 0.445 e. The summed E-state index contributed by atoms with van der Waals surface area (Å²) >= 11 is 0. The SMILES string of the molecule is C[C@@H]1[C@H]2OC(C)(C)O[C@H]2[C@@H](CO)N1C(=O)OCc1ccccc1. The summed E-state index contributed by atoms with van der Waals surface area (Å²) in [5.74, 6) is -0.697. The molecule has 0 radical (unpaired) electrons. The Labute approximate surface area is 135 Å². The van der Waals surface area contributed by atoms with Gasteiger partial charge in [-0.25, -0.2) is 4.79 Å². The molecular weight excluding hydrogens is 298 g/mol. The molecule has 2 aliphatic rings. The van der Waals surface area contributed by atoms with E-state index in [1.165, 1.54) is 4.90 Å². The van der Waals surface area contributed by atoms with Crippen LogP contribution in [0.1, 0.15) is 26.3 Å². The predicted molar refractivity (Wildman–Crippen MR) is 82.6 cm³/mol. The fraction of sp³-hybridized carbons (Fsp3) is 0.588. The molecule has 1 aromatic carbocycles. The van der Waals surface area contributed by atoms with E-state index in [1.807, 2.05) is 51.1 Å². The maximum Gasteiger partial charge on any atom is 0.410 e. The number of carbonyl (C=O) groups excluding carboxylic acids is 1. The number of likely N-dealkylation sites (tertiary alicyclic amines) is 1. The Bertz CT molecular complexity index is 561. The van der Waals surface area contributed by atoms with Gasteiger partial charge in [-0.15, -0.1) is 0 Å². The lowest BCUT2D eigenvalue weighted by Crippen LogP contribution is -2.47. The summed E-state index contributed by atoms with van der Waals surface area (Å²) in [6.45, 7) is 5.58. The standard InChI is InChI=1S/C17H23NO5/c1-11-14-15(23-17(2,3)22-14)13(9-19)18(11)16(20)21-10-12-7-5-4-6-8-12/h4-8,11,13-15,19H,9-10H2,1-3H3/t11-,13-,14-,15+/m1/s1. The zero-order chi connectivity index (χ0) is 16.6. The summed E-state index contributed by atoms with van der Waals surface area (Å²) in [5, 5.41) is 9.72. The highest BCUT2D eigenvalue weighted by Gasteiger charge is 2.57. The number of carbonyl (C=O) groups is 1. The zero-order valence-corrected chi connectivity index (χ0v) is 13.6. The fourth-order valence-electron chi connectivity index (χ4n) is 3.39. The van der Waals surface area contributed by atoms with Crippen molar-refractivity contribution in [2.75, 3.05) is 6.61 Å². The first-order valence-electron chi connectivity index (χ1n) is 7.88. The van der Waals surface area contributed by atoms with Crippen LogP contribution in [0.3, 0.4) is 0 Å². The van der Waals surface area contributed by atoms with Crippen LogP contribution >= 0.6 is 0 Å². The number of fused-ring (bicyclic) bond motifs is 1. The van der Waals surface area contributed by atoms with E-state index >= 15 is 0 Å². The maximum atomic E-state index is 12.5. The average Bonchev–Trinajstić information content (AvgIpc) is 2.97. The smallest absolute Gasteiger partial charge is 0.410 e. The third-order valence-electron chi connectivity index (χ3n) is 4.42. The Hall–Kier alpha value is -1.63. The molecule has 6 nitrogen and oxygen atoms in total. The van der Waals surface area contributed by atoms with Crippen molar-refractivity contribution in [3.05, 3.63) is 35.9 Å². The van der Waals surface area contributed by atoms with Gasteiger partial charge >= 0.3 is 6.09 Å². The molecule has 2 saturated heterocycles. The van der Waals surface area contributed by atoms with E-state index < -0.39 is 17.9 Å². The maximum absolute atomic E-state index is 12.5. The summed E-state index contributed by atoms with van der Waals surface area (Å²) in [6, 6.07) is 8.81. The number of amides is 1. The lowest BCUT2D eigenvalue weighted by atomic mass is 10.1. The van der Waals surface area contributed by atoms with Gasteiger partial charge in [-0.2, -0.15) is 0 Å². The van der Waals surface area contributed by atoms with E-state index in [0.717, 1.165) is 5.56 Å². The highest BCUT2D eigenvalue weighted by atomic mass is 16.8. The van der Waals surface area contributed by atoms with Gasteiger partial charge in [-0.3, -0.25) is 4.90 Å². The molecule has 0 aromatic heterocycles. The van der Waals surface area contributed by atoms with Gasteiger partial charge in [0.05, 0.1) is 18.7 Å². The quantitative estimate of drug-likeness (QED) is 0.921. The lowest BCUT2D eigenvalue weighted by molar-refractivity contribution is -0.166. The van der Waals surface area contributed by atoms with Crippen molar-refractivity contribution >= 4 is 6.09 Å². The van der Waals surface area contributed by atoms with Crippen molar-refractivity contribution in [2.24, 2.45) is 0 Å². The van der Waals surface area contributed by atoms with Gasteiger partial charge in [0, 0.05) is 0 Å². The molecular formula is C17H23NO5. The highest BCUT2D eigenvalue weighted by Crippen LogP contribution is 2.40. The first-order chi connectivity index (χ1) is 10.9. The summed E-state index contributed by atoms with van der Waals surface area (Å²) in [7, 11) is 0. The molecule has 0 bridgehead atoms. The van der Waals surface area contributed by atoms with Crippen LogP contribution in [0.25, 0.3) is 0 Å². The molecule has 126 valence electrons. The van der Waals surface area contributed by atoms with Crippen molar-refractivity contribution in [1.29, 1.82) is 0 Å². The fourth-order valence-corrected chi connectivity index (χ4v) is 3.39. The van der Waals surface area contributed by atoms with Gasteiger partial charge in [0.25, 0.3) is 0 Å². The summed E-state index contributed by atoms with van der Waals surface area (Å²) in [5.41, 5.74) is 0.919. The number of aliphatic hydroxyl groups excluding tert-OH is 1. The predicted octanol–water partition coefficient (Wildman–Crippen LogP) is 1.91. The van der Waals surface area contributed by atoms with Crippen LogP contribution in [0.2, 0.25) is 0 Å². The molecule has 1 N–H and O–H groups in total. The van der Waals surface area contributed by atoms with Crippen LogP contribution in [-0.4, -0.2) is 52.8 Å². The Morgan fingerprint density at radius 3 is 2.57 bits per heavy atom. The molecule has 6 heteroatoms. The van der Waals surface area contributed by atoms with E-state index in [1.54, 1.807) is 0 Å². The molecule has 3 rings (SSSR count). The van der Waals surface area contributed by atoms with E-state index in [4.69, 9.17) is 14.2 Å². The molecule has 0 unspecified atom stereocenters. The Morgan fingerprint density at radius 2 is 1.91 bits per heavy atom. The van der Waals surface area contributed by atoms with E-state index in [0.29, 0.717) is 0 Å². The van der Waals surface area contributed by atoms with Crippen LogP contribution in [0, 0.1) is 0 Å². The minimum atomic E-state index is -0.697. The number of ether oxygens (including phenoxy) is 3. The second-order valence-corrected chi connectivity index (χ2v) is 6.50. The topological polar surface area (TPSA) is 68.2 Å². The minimum absolute atomic E-state index is 0.189. The van der Waals surface area contributed by atoms with Crippen molar-refractivity contribution in [3.63, 3.8) is 0 Å². The molecule has 2 fully saturated rings. The minimum Gasteiger partial charge on any atom is -0.445 e. The monoisotopic (exact) mass is 321 g/mol. The summed E-state index contributed by atoms with van der Waals surface area (Å²) in [6.07, 6.45) is -1.06. The normalized spacial score (nSPS) is 31.9. The number of hydrogen-bond acceptors (Lipinski definition) is 5. The average molecular weight is 321 g/mol. The van der Waals surface area contributed by atoms with Crippen molar-refractivity contribution in [2.45, 2.75) is 57.5 Å². The van der Waals surface area contributed by atoms with Gasteiger partial charge in [0.15, 0.2) is 5.79 Å². The Kier molecular flexibility index (Phi) is 4.31. The molecule has 1 aromatic rings. The number of nitrogens with zero attached hydrogens (tertiary/aromatic N) is 1. The second-order valence-electron chi connectivity index (χ2n) is 6.50. The summed E-state index contributed by atoms with van der Waals surface area (Å²) in [4.78, 5) is 14.0. The first-order valence-corrected chi connectivity index (χ1v) is 7.88. The van der Waals surface area contributed by atoms with E-state index in [2.05, 4.69) is 0 Å². The number of aliphatic hydroxyl groups is 1.